The molecule has 5 nitrogen and oxygen atoms in total. The van der Waals surface area contributed by atoms with Gasteiger partial charge in [0.25, 0.3) is 0 Å². The van der Waals surface area contributed by atoms with Crippen molar-refractivity contribution in [3.8, 4) is 5.75 Å². The van der Waals surface area contributed by atoms with Crippen LogP contribution in [0, 0.1) is 0 Å². The predicted octanol–water partition coefficient (Wildman–Crippen LogP) is 2.32. The lowest BCUT2D eigenvalue weighted by molar-refractivity contribution is -0.143. The van der Waals surface area contributed by atoms with Gasteiger partial charge in [0.1, 0.15) is 5.75 Å². The molecule has 0 spiro atoms. The molecule has 0 aliphatic heterocycles. The maximum Gasteiger partial charge on any atom is 0.307 e. The molecule has 0 radical (unpaired) electrons. The number of carbonyl (C=O) groups excluding carboxylic acids is 1. The summed E-state index contributed by atoms with van der Waals surface area (Å²) >= 11 is 5.21. The smallest absolute Gasteiger partial charge is 0.307 e. The molecule has 1 unspecified atom stereocenters. The molecule has 1 atom stereocenters. The highest BCUT2D eigenvalue weighted by Crippen LogP contribution is 2.22. The lowest BCUT2D eigenvalue weighted by Crippen LogP contribution is -2.37. The summed E-state index contributed by atoms with van der Waals surface area (Å²) in [5.41, 5.74) is 0.774. The summed E-state index contributed by atoms with van der Waals surface area (Å²) in [4.78, 5) is 11.3. The van der Waals surface area contributed by atoms with Gasteiger partial charge in [0.2, 0.25) is 0 Å². The van der Waals surface area contributed by atoms with E-state index in [1.165, 1.54) is 0 Å². The van der Waals surface area contributed by atoms with E-state index in [9.17, 15) is 4.79 Å². The molecule has 2 N–H and O–H groups in total. The number of esters is 1. The fourth-order valence-electron chi connectivity index (χ4n) is 1.65. The lowest BCUT2D eigenvalue weighted by Gasteiger charge is -2.17. The zero-order valence-corrected chi connectivity index (χ0v) is 12.8. The van der Waals surface area contributed by atoms with Gasteiger partial charge < -0.3 is 20.1 Å². The maximum atomic E-state index is 11.3. The molecule has 0 saturated carbocycles. The number of ether oxygens (including phenoxy) is 2. The standard InChI is InChI=1S/C14H20N2O3S/c1-4-19-13(17)9-10(2)15-14(20)16-11-7-5-6-8-12(11)18-3/h5-8,10H,4,9H2,1-3H3,(H2,15,16,20). The van der Waals surface area contributed by atoms with E-state index >= 15 is 0 Å². The third-order valence-corrected chi connectivity index (χ3v) is 2.73. The Morgan fingerprint density at radius 2 is 2.10 bits per heavy atom. The first-order valence-electron chi connectivity index (χ1n) is 6.43. The van der Waals surface area contributed by atoms with Crippen molar-refractivity contribution in [3.63, 3.8) is 0 Å². The molecule has 1 aromatic carbocycles. The monoisotopic (exact) mass is 296 g/mol. The van der Waals surface area contributed by atoms with E-state index < -0.39 is 0 Å². The molecule has 1 rings (SSSR count). The summed E-state index contributed by atoms with van der Waals surface area (Å²) in [5.74, 6) is 0.460. The third-order valence-electron chi connectivity index (χ3n) is 2.51. The Kier molecular flexibility index (Phi) is 6.79. The van der Waals surface area contributed by atoms with Crippen molar-refractivity contribution in [1.29, 1.82) is 0 Å². The van der Waals surface area contributed by atoms with Gasteiger partial charge in [-0.2, -0.15) is 0 Å². The lowest BCUT2D eigenvalue weighted by atomic mass is 10.2. The number of carbonyl (C=O) groups is 1. The Balaban J connectivity index is 2.49. The fourth-order valence-corrected chi connectivity index (χ4v) is 1.96. The largest absolute Gasteiger partial charge is 0.495 e. The molecule has 20 heavy (non-hydrogen) atoms. The minimum atomic E-state index is -0.243. The highest BCUT2D eigenvalue weighted by atomic mass is 32.1. The van der Waals surface area contributed by atoms with Crippen LogP contribution in [0.3, 0.4) is 0 Å². The fraction of sp³-hybridized carbons (Fsp3) is 0.429. The van der Waals surface area contributed by atoms with Crippen LogP contribution in [0.5, 0.6) is 5.75 Å². The minimum Gasteiger partial charge on any atom is -0.495 e. The van der Waals surface area contributed by atoms with E-state index in [2.05, 4.69) is 10.6 Å². The summed E-state index contributed by atoms with van der Waals surface area (Å²) in [7, 11) is 1.60. The first-order chi connectivity index (χ1) is 9.56. The van der Waals surface area contributed by atoms with Gasteiger partial charge in [0.15, 0.2) is 5.11 Å². The van der Waals surface area contributed by atoms with Gasteiger partial charge in [-0.1, -0.05) is 12.1 Å². The highest BCUT2D eigenvalue weighted by Gasteiger charge is 2.11. The number of methoxy groups -OCH3 is 1. The molecule has 0 fully saturated rings. The molecule has 0 bridgehead atoms. The highest BCUT2D eigenvalue weighted by molar-refractivity contribution is 7.80. The van der Waals surface area contributed by atoms with Gasteiger partial charge >= 0.3 is 5.97 Å². The average Bonchev–Trinajstić information content (AvgIpc) is 2.39. The van der Waals surface area contributed by atoms with Crippen molar-refractivity contribution in [2.24, 2.45) is 0 Å². The van der Waals surface area contributed by atoms with Crippen molar-refractivity contribution in [3.05, 3.63) is 24.3 Å². The van der Waals surface area contributed by atoms with Gasteiger partial charge in [0, 0.05) is 6.04 Å². The maximum absolute atomic E-state index is 11.3. The van der Waals surface area contributed by atoms with E-state index in [0.29, 0.717) is 17.5 Å². The second-order valence-electron chi connectivity index (χ2n) is 4.21. The number of benzene rings is 1. The van der Waals surface area contributed by atoms with Crippen LogP contribution < -0.4 is 15.4 Å². The molecule has 0 heterocycles. The molecule has 0 aliphatic rings. The van der Waals surface area contributed by atoms with Crippen molar-refractivity contribution < 1.29 is 14.3 Å². The zero-order valence-electron chi connectivity index (χ0n) is 11.9. The zero-order chi connectivity index (χ0) is 15.0. The summed E-state index contributed by atoms with van der Waals surface area (Å²) < 4.78 is 10.1. The van der Waals surface area contributed by atoms with E-state index in [-0.39, 0.29) is 18.4 Å². The van der Waals surface area contributed by atoms with Crippen molar-refractivity contribution in [1.82, 2.24) is 5.32 Å². The van der Waals surface area contributed by atoms with Crippen LogP contribution in [-0.2, 0) is 9.53 Å². The van der Waals surface area contributed by atoms with Crippen LogP contribution in [0.1, 0.15) is 20.3 Å². The van der Waals surface area contributed by atoms with Crippen LogP contribution in [0.15, 0.2) is 24.3 Å². The average molecular weight is 296 g/mol. The number of hydrogen-bond acceptors (Lipinski definition) is 4. The molecule has 0 aromatic heterocycles. The Hall–Kier alpha value is -1.82. The molecule has 6 heteroatoms. The normalized spacial score (nSPS) is 11.3. The molecule has 0 aliphatic carbocycles. The van der Waals surface area contributed by atoms with Gasteiger partial charge in [0.05, 0.1) is 25.8 Å². The number of thiocarbonyl (C=S) groups is 1. The first kappa shape index (κ1) is 16.2. The molecular weight excluding hydrogens is 276 g/mol. The van der Waals surface area contributed by atoms with Crippen LogP contribution in [0.4, 0.5) is 5.69 Å². The molecular formula is C14H20N2O3S. The number of hydrogen-bond donors (Lipinski definition) is 2. The number of anilines is 1. The van der Waals surface area contributed by atoms with Crippen molar-refractivity contribution in [2.75, 3.05) is 19.0 Å². The van der Waals surface area contributed by atoms with Gasteiger partial charge in [-0.25, -0.2) is 0 Å². The third kappa shape index (κ3) is 5.44. The van der Waals surface area contributed by atoms with Crippen LogP contribution in [0.2, 0.25) is 0 Å². The Morgan fingerprint density at radius 1 is 1.40 bits per heavy atom. The summed E-state index contributed by atoms with van der Waals surface area (Å²) in [6, 6.07) is 7.36. The van der Waals surface area contributed by atoms with Crippen molar-refractivity contribution in [2.45, 2.75) is 26.3 Å². The predicted molar refractivity (Wildman–Crippen MR) is 83.1 cm³/mol. The summed E-state index contributed by atoms with van der Waals surface area (Å²) in [6.45, 7) is 4.03. The molecule has 110 valence electrons. The van der Waals surface area contributed by atoms with Crippen molar-refractivity contribution >= 4 is 29.0 Å². The van der Waals surface area contributed by atoms with Gasteiger partial charge in [-0.05, 0) is 38.2 Å². The van der Waals surface area contributed by atoms with Crippen LogP contribution in [-0.4, -0.2) is 30.8 Å². The SMILES string of the molecule is CCOC(=O)CC(C)NC(=S)Nc1ccccc1OC. The summed E-state index contributed by atoms with van der Waals surface area (Å²) in [6.07, 6.45) is 0.265. The molecule has 0 saturated heterocycles. The number of nitrogens with one attached hydrogen (secondary N) is 2. The van der Waals surface area contributed by atoms with E-state index in [4.69, 9.17) is 21.7 Å². The molecule has 1 aromatic rings. The first-order valence-corrected chi connectivity index (χ1v) is 6.83. The number of para-hydroxylation sites is 2. The van der Waals surface area contributed by atoms with E-state index in [1.54, 1.807) is 14.0 Å². The summed E-state index contributed by atoms with van der Waals surface area (Å²) in [5, 5.41) is 6.51. The Morgan fingerprint density at radius 3 is 2.75 bits per heavy atom. The second kappa shape index (κ2) is 8.37. The minimum absolute atomic E-state index is 0.108. The Labute approximate surface area is 124 Å². The van der Waals surface area contributed by atoms with Crippen LogP contribution >= 0.6 is 12.2 Å². The van der Waals surface area contributed by atoms with Crippen LogP contribution in [0.25, 0.3) is 0 Å². The molecule has 0 amide bonds. The van der Waals surface area contributed by atoms with E-state index in [1.807, 2.05) is 31.2 Å². The van der Waals surface area contributed by atoms with Gasteiger partial charge in [-0.15, -0.1) is 0 Å². The van der Waals surface area contributed by atoms with E-state index in [0.717, 1.165) is 5.69 Å². The number of rotatable bonds is 6. The quantitative estimate of drug-likeness (QED) is 0.620. The second-order valence-corrected chi connectivity index (χ2v) is 4.62. The topological polar surface area (TPSA) is 59.6 Å². The van der Waals surface area contributed by atoms with Gasteiger partial charge in [-0.3, -0.25) is 4.79 Å². The Bertz CT molecular complexity index is 465.